The number of imide groups is 1. The van der Waals surface area contributed by atoms with E-state index in [-0.39, 0.29) is 0 Å². The molecule has 4 amide bonds. The van der Waals surface area contributed by atoms with Gasteiger partial charge in [-0.3, -0.25) is 14.5 Å². The van der Waals surface area contributed by atoms with Gasteiger partial charge in [0.1, 0.15) is 23.6 Å². The third-order valence-corrected chi connectivity index (χ3v) is 5.00. The molecule has 8 nitrogen and oxygen atoms in total. The zero-order valence-corrected chi connectivity index (χ0v) is 16.9. The van der Waals surface area contributed by atoms with Crippen molar-refractivity contribution in [3.63, 3.8) is 0 Å². The van der Waals surface area contributed by atoms with Crippen molar-refractivity contribution in [2.24, 2.45) is 0 Å². The third kappa shape index (κ3) is 3.84. The summed E-state index contributed by atoms with van der Waals surface area (Å²) in [5.41, 5.74) is -0.543. The lowest BCUT2D eigenvalue weighted by atomic mass is 9.92. The maximum absolute atomic E-state index is 13.0. The second-order valence-corrected chi connectivity index (χ2v) is 6.95. The van der Waals surface area contributed by atoms with Crippen LogP contribution in [0.2, 0.25) is 5.02 Å². The summed E-state index contributed by atoms with van der Waals surface area (Å²) in [5.74, 6) is -0.202. The molecule has 0 bridgehead atoms. The maximum atomic E-state index is 13.0. The van der Waals surface area contributed by atoms with Crippen molar-refractivity contribution in [1.29, 1.82) is 0 Å². The third-order valence-electron chi connectivity index (χ3n) is 4.67. The summed E-state index contributed by atoms with van der Waals surface area (Å²) in [4.78, 5) is 38.8. The van der Waals surface area contributed by atoms with E-state index < -0.39 is 29.9 Å². The minimum atomic E-state index is -1.36. The van der Waals surface area contributed by atoms with Crippen LogP contribution in [0.15, 0.2) is 42.5 Å². The Morgan fingerprint density at radius 1 is 1.17 bits per heavy atom. The summed E-state index contributed by atoms with van der Waals surface area (Å²) < 4.78 is 10.4. The fraction of sp³-hybridized carbons (Fsp3) is 0.250. The van der Waals surface area contributed by atoms with Crippen molar-refractivity contribution in [3.8, 4) is 11.5 Å². The van der Waals surface area contributed by atoms with Gasteiger partial charge in [-0.2, -0.15) is 0 Å². The first kappa shape index (κ1) is 20.5. The van der Waals surface area contributed by atoms with Gasteiger partial charge < -0.3 is 20.1 Å². The van der Waals surface area contributed by atoms with Gasteiger partial charge in [0.2, 0.25) is 5.91 Å². The molecular formula is C20H20ClN3O5. The Morgan fingerprint density at radius 2 is 1.90 bits per heavy atom. The molecule has 0 aliphatic carbocycles. The van der Waals surface area contributed by atoms with Crippen molar-refractivity contribution in [2.45, 2.75) is 12.5 Å². The molecule has 2 aromatic carbocycles. The molecule has 29 heavy (non-hydrogen) atoms. The zero-order chi connectivity index (χ0) is 21.2. The van der Waals surface area contributed by atoms with Gasteiger partial charge in [0.25, 0.3) is 5.91 Å². The number of carbonyl (C=O) groups excluding carboxylic acids is 3. The second kappa shape index (κ2) is 8.00. The highest BCUT2D eigenvalue weighted by molar-refractivity contribution is 6.32. The Morgan fingerprint density at radius 3 is 2.55 bits per heavy atom. The van der Waals surface area contributed by atoms with Crippen LogP contribution in [-0.4, -0.2) is 43.5 Å². The lowest BCUT2D eigenvalue weighted by Gasteiger charge is -2.23. The molecule has 1 aliphatic rings. The molecule has 3 rings (SSSR count). The minimum Gasteiger partial charge on any atom is -0.497 e. The number of hydrogen-bond acceptors (Lipinski definition) is 5. The summed E-state index contributed by atoms with van der Waals surface area (Å²) in [6.45, 7) is 1.09. The highest BCUT2D eigenvalue weighted by Gasteiger charge is 2.50. The van der Waals surface area contributed by atoms with Crippen LogP contribution in [0.3, 0.4) is 0 Å². The van der Waals surface area contributed by atoms with Crippen LogP contribution < -0.4 is 20.1 Å². The quantitative estimate of drug-likeness (QED) is 0.704. The normalized spacial score (nSPS) is 18.4. The van der Waals surface area contributed by atoms with Gasteiger partial charge in [0.15, 0.2) is 0 Å². The SMILES string of the molecule is COc1ccc(OC)c(NC(=O)CN2C(=O)N[C@@](C)(c3ccccc3Cl)C2=O)c1. The van der Waals surface area contributed by atoms with Crippen molar-refractivity contribution in [3.05, 3.63) is 53.1 Å². The van der Waals surface area contributed by atoms with Gasteiger partial charge in [0.05, 0.1) is 19.9 Å². The highest BCUT2D eigenvalue weighted by atomic mass is 35.5. The molecule has 0 unspecified atom stereocenters. The molecule has 1 aliphatic heterocycles. The Kier molecular flexibility index (Phi) is 5.65. The molecule has 2 aromatic rings. The van der Waals surface area contributed by atoms with Gasteiger partial charge in [-0.15, -0.1) is 0 Å². The molecule has 0 saturated carbocycles. The number of methoxy groups -OCH3 is 2. The topological polar surface area (TPSA) is 97.0 Å². The first-order valence-corrected chi connectivity index (χ1v) is 9.09. The van der Waals surface area contributed by atoms with Crippen LogP contribution in [0.1, 0.15) is 12.5 Å². The Balaban J connectivity index is 1.79. The standard InChI is InChI=1S/C20H20ClN3O5/c1-20(13-6-4-5-7-14(13)21)18(26)24(19(27)23-20)11-17(25)22-15-10-12(28-2)8-9-16(15)29-3/h4-10H,11H2,1-3H3,(H,22,25)(H,23,27)/t20-/m0/s1. The number of rotatable bonds is 6. The van der Waals surface area contributed by atoms with E-state index in [9.17, 15) is 14.4 Å². The number of urea groups is 1. The van der Waals surface area contributed by atoms with Crippen LogP contribution in [0.25, 0.3) is 0 Å². The van der Waals surface area contributed by atoms with Crippen molar-refractivity contribution in [2.75, 3.05) is 26.1 Å². The van der Waals surface area contributed by atoms with Crippen molar-refractivity contribution < 1.29 is 23.9 Å². The largest absolute Gasteiger partial charge is 0.497 e. The summed E-state index contributed by atoms with van der Waals surface area (Å²) >= 11 is 6.20. The first-order valence-electron chi connectivity index (χ1n) is 8.71. The fourth-order valence-electron chi connectivity index (χ4n) is 3.13. The summed E-state index contributed by atoms with van der Waals surface area (Å²) in [5, 5.41) is 5.61. The Hall–Kier alpha value is -3.26. The number of amides is 4. The molecule has 2 N–H and O–H groups in total. The smallest absolute Gasteiger partial charge is 0.325 e. The summed E-state index contributed by atoms with van der Waals surface area (Å²) in [7, 11) is 2.96. The summed E-state index contributed by atoms with van der Waals surface area (Å²) in [6, 6.07) is 11.0. The van der Waals surface area contributed by atoms with E-state index in [0.29, 0.717) is 27.8 Å². The van der Waals surface area contributed by atoms with E-state index >= 15 is 0 Å². The number of nitrogens with one attached hydrogen (secondary N) is 2. The average molecular weight is 418 g/mol. The highest BCUT2D eigenvalue weighted by Crippen LogP contribution is 2.33. The number of hydrogen-bond donors (Lipinski definition) is 2. The molecule has 9 heteroatoms. The van der Waals surface area contributed by atoms with E-state index in [4.69, 9.17) is 21.1 Å². The fourth-order valence-corrected chi connectivity index (χ4v) is 3.46. The van der Waals surface area contributed by atoms with Gasteiger partial charge in [-0.1, -0.05) is 29.8 Å². The lowest BCUT2D eigenvalue weighted by molar-refractivity contribution is -0.133. The molecule has 0 aromatic heterocycles. The van der Waals surface area contributed by atoms with E-state index in [1.54, 1.807) is 49.4 Å². The molecule has 152 valence electrons. The van der Waals surface area contributed by atoms with E-state index in [0.717, 1.165) is 4.90 Å². The minimum absolute atomic E-state index is 0.344. The van der Waals surface area contributed by atoms with Crippen molar-refractivity contribution in [1.82, 2.24) is 10.2 Å². The van der Waals surface area contributed by atoms with Crippen LogP contribution in [0, 0.1) is 0 Å². The van der Waals surface area contributed by atoms with E-state index in [1.165, 1.54) is 14.2 Å². The Bertz CT molecular complexity index is 980. The van der Waals surface area contributed by atoms with Crippen LogP contribution in [0.4, 0.5) is 10.5 Å². The molecule has 0 spiro atoms. The molecule has 1 saturated heterocycles. The van der Waals surface area contributed by atoms with E-state index in [2.05, 4.69) is 10.6 Å². The predicted octanol–water partition coefficient (Wildman–Crippen LogP) is 2.76. The van der Waals surface area contributed by atoms with Gasteiger partial charge in [-0.25, -0.2) is 4.79 Å². The molecule has 1 heterocycles. The zero-order valence-electron chi connectivity index (χ0n) is 16.1. The average Bonchev–Trinajstić information content (AvgIpc) is 2.92. The maximum Gasteiger partial charge on any atom is 0.325 e. The molecule has 1 atom stereocenters. The van der Waals surface area contributed by atoms with Gasteiger partial charge in [-0.05, 0) is 25.1 Å². The number of anilines is 1. The Labute approximate surface area is 172 Å². The lowest BCUT2D eigenvalue weighted by Crippen LogP contribution is -2.42. The van der Waals surface area contributed by atoms with Crippen LogP contribution in [0.5, 0.6) is 11.5 Å². The van der Waals surface area contributed by atoms with Crippen molar-refractivity contribution >= 4 is 35.1 Å². The van der Waals surface area contributed by atoms with Crippen LogP contribution in [-0.2, 0) is 15.1 Å². The molecule has 0 radical (unpaired) electrons. The van der Waals surface area contributed by atoms with Crippen LogP contribution >= 0.6 is 11.6 Å². The number of benzene rings is 2. The molecule has 1 fully saturated rings. The number of carbonyl (C=O) groups is 3. The predicted molar refractivity (Wildman–Crippen MR) is 107 cm³/mol. The number of nitrogens with zero attached hydrogens (tertiary/aromatic N) is 1. The number of ether oxygens (including phenoxy) is 2. The second-order valence-electron chi connectivity index (χ2n) is 6.54. The molecular weight excluding hydrogens is 398 g/mol. The summed E-state index contributed by atoms with van der Waals surface area (Å²) in [6.07, 6.45) is 0. The van der Waals surface area contributed by atoms with E-state index in [1.807, 2.05) is 0 Å². The van der Waals surface area contributed by atoms with Gasteiger partial charge >= 0.3 is 6.03 Å². The first-order chi connectivity index (χ1) is 13.8. The monoisotopic (exact) mass is 417 g/mol. The number of halogens is 1. The van der Waals surface area contributed by atoms with Gasteiger partial charge in [0, 0.05) is 16.7 Å².